The summed E-state index contributed by atoms with van der Waals surface area (Å²) in [5.74, 6) is 1.42. The second-order valence-electron chi connectivity index (χ2n) is 4.06. The molecule has 0 saturated carbocycles. The van der Waals surface area contributed by atoms with E-state index in [2.05, 4.69) is 10.1 Å². The molecule has 0 aliphatic rings. The highest BCUT2D eigenvalue weighted by Gasteiger charge is 2.05. The fourth-order valence-electron chi connectivity index (χ4n) is 1.50. The van der Waals surface area contributed by atoms with E-state index in [9.17, 15) is 0 Å². The van der Waals surface area contributed by atoms with Gasteiger partial charge in [0.2, 0.25) is 5.89 Å². The number of unbranched alkanes of at least 4 members (excludes halogenated alkanes) is 2. The van der Waals surface area contributed by atoms with Crippen molar-refractivity contribution < 1.29 is 14.0 Å². The van der Waals surface area contributed by atoms with Crippen LogP contribution in [0.5, 0.6) is 0 Å². The third-order valence-electron chi connectivity index (χ3n) is 2.51. The van der Waals surface area contributed by atoms with E-state index in [1.807, 2.05) is 0 Å². The summed E-state index contributed by atoms with van der Waals surface area (Å²) in [6.07, 6.45) is 4.71. The lowest BCUT2D eigenvalue weighted by atomic mass is 10.2. The maximum Gasteiger partial charge on any atom is 0.226 e. The number of methoxy groups -OCH3 is 1. The van der Waals surface area contributed by atoms with Crippen LogP contribution in [0.3, 0.4) is 0 Å². The first-order valence-electron chi connectivity index (χ1n) is 6.45. The van der Waals surface area contributed by atoms with Gasteiger partial charge in [-0.25, -0.2) is 0 Å². The largest absolute Gasteiger partial charge is 0.382 e. The van der Waals surface area contributed by atoms with E-state index in [0.29, 0.717) is 38.0 Å². The average Bonchev–Trinajstić information content (AvgIpc) is 2.82. The van der Waals surface area contributed by atoms with E-state index < -0.39 is 0 Å². The second-order valence-corrected chi connectivity index (χ2v) is 4.06. The number of aryl methyl sites for hydroxylation is 1. The molecule has 0 spiro atoms. The zero-order valence-corrected chi connectivity index (χ0v) is 11.1. The minimum absolute atomic E-state index is 0.593. The van der Waals surface area contributed by atoms with Crippen LogP contribution >= 0.6 is 0 Å². The molecule has 6 nitrogen and oxygen atoms in total. The summed E-state index contributed by atoms with van der Waals surface area (Å²) in [5.41, 5.74) is 5.43. The first kappa shape index (κ1) is 15.1. The Hall–Kier alpha value is -0.980. The Bertz CT molecular complexity index is 305. The molecule has 0 aliphatic heterocycles. The number of rotatable bonds is 11. The summed E-state index contributed by atoms with van der Waals surface area (Å²) < 4.78 is 15.4. The lowest BCUT2D eigenvalue weighted by Crippen LogP contribution is -2.05. The molecule has 1 heterocycles. The van der Waals surface area contributed by atoms with E-state index in [4.69, 9.17) is 19.7 Å². The molecule has 0 aliphatic carbocycles. The van der Waals surface area contributed by atoms with Crippen molar-refractivity contribution in [3.63, 3.8) is 0 Å². The van der Waals surface area contributed by atoms with Crippen LogP contribution in [-0.2, 0) is 22.3 Å². The Kier molecular flexibility index (Phi) is 8.37. The van der Waals surface area contributed by atoms with Crippen molar-refractivity contribution in [2.45, 2.75) is 32.1 Å². The number of hydrogen-bond acceptors (Lipinski definition) is 6. The van der Waals surface area contributed by atoms with Crippen molar-refractivity contribution >= 4 is 0 Å². The molecule has 1 aromatic heterocycles. The smallest absolute Gasteiger partial charge is 0.226 e. The quantitative estimate of drug-likeness (QED) is 0.594. The number of ether oxygens (including phenoxy) is 2. The van der Waals surface area contributed by atoms with Gasteiger partial charge in [0.1, 0.15) is 0 Å². The lowest BCUT2D eigenvalue weighted by Gasteiger charge is -2.00. The van der Waals surface area contributed by atoms with Gasteiger partial charge in [0, 0.05) is 20.0 Å². The summed E-state index contributed by atoms with van der Waals surface area (Å²) in [6.45, 7) is 2.54. The standard InChI is InChI=1S/C12H23N3O3/c1-16-9-10-17-8-6-11-14-12(18-15-11)5-3-2-4-7-13/h2-10,13H2,1H3. The predicted octanol–water partition coefficient (Wildman–Crippen LogP) is 0.947. The van der Waals surface area contributed by atoms with Gasteiger partial charge in [0.25, 0.3) is 0 Å². The zero-order valence-electron chi connectivity index (χ0n) is 11.1. The summed E-state index contributed by atoms with van der Waals surface area (Å²) in [4.78, 5) is 4.31. The van der Waals surface area contributed by atoms with Crippen molar-refractivity contribution in [2.24, 2.45) is 5.73 Å². The van der Waals surface area contributed by atoms with E-state index in [1.165, 1.54) is 0 Å². The minimum atomic E-state index is 0.593. The summed E-state index contributed by atoms with van der Waals surface area (Å²) in [6, 6.07) is 0. The first-order valence-corrected chi connectivity index (χ1v) is 6.45. The van der Waals surface area contributed by atoms with Crippen LogP contribution in [0.2, 0.25) is 0 Å². The van der Waals surface area contributed by atoms with Gasteiger partial charge >= 0.3 is 0 Å². The number of nitrogens with zero attached hydrogens (tertiary/aromatic N) is 2. The van der Waals surface area contributed by atoms with Crippen LogP contribution in [0.25, 0.3) is 0 Å². The Morgan fingerprint density at radius 1 is 1.11 bits per heavy atom. The maximum atomic E-state index is 5.43. The molecular formula is C12H23N3O3. The molecule has 2 N–H and O–H groups in total. The first-order chi connectivity index (χ1) is 8.86. The van der Waals surface area contributed by atoms with E-state index in [0.717, 1.165) is 32.2 Å². The molecule has 18 heavy (non-hydrogen) atoms. The van der Waals surface area contributed by atoms with Crippen molar-refractivity contribution in [3.8, 4) is 0 Å². The Balaban J connectivity index is 2.10. The fourth-order valence-corrected chi connectivity index (χ4v) is 1.50. The minimum Gasteiger partial charge on any atom is -0.382 e. The zero-order chi connectivity index (χ0) is 13.1. The monoisotopic (exact) mass is 257 g/mol. The van der Waals surface area contributed by atoms with Crippen molar-refractivity contribution in [1.29, 1.82) is 0 Å². The van der Waals surface area contributed by atoms with Crippen LogP contribution in [0.1, 0.15) is 31.0 Å². The van der Waals surface area contributed by atoms with Crippen molar-refractivity contribution in [3.05, 3.63) is 11.7 Å². The van der Waals surface area contributed by atoms with Gasteiger partial charge in [-0.15, -0.1) is 0 Å². The highest BCUT2D eigenvalue weighted by atomic mass is 16.5. The van der Waals surface area contributed by atoms with Crippen LogP contribution in [0.4, 0.5) is 0 Å². The molecular weight excluding hydrogens is 234 g/mol. The summed E-state index contributed by atoms with van der Waals surface area (Å²) >= 11 is 0. The van der Waals surface area contributed by atoms with Crippen molar-refractivity contribution in [1.82, 2.24) is 10.1 Å². The number of nitrogens with two attached hydrogens (primary N) is 1. The molecule has 0 fully saturated rings. The van der Waals surface area contributed by atoms with Gasteiger partial charge in [0.05, 0.1) is 19.8 Å². The normalized spacial score (nSPS) is 11.0. The molecule has 0 bridgehead atoms. The molecule has 0 unspecified atom stereocenters. The maximum absolute atomic E-state index is 5.43. The average molecular weight is 257 g/mol. The molecule has 1 aromatic rings. The van der Waals surface area contributed by atoms with Gasteiger partial charge in [0.15, 0.2) is 5.82 Å². The van der Waals surface area contributed by atoms with Gasteiger partial charge < -0.3 is 19.7 Å². The Morgan fingerprint density at radius 2 is 2.00 bits per heavy atom. The third kappa shape index (κ3) is 6.68. The number of hydrogen-bond donors (Lipinski definition) is 1. The van der Waals surface area contributed by atoms with Crippen LogP contribution in [-0.4, -0.2) is 43.6 Å². The highest BCUT2D eigenvalue weighted by Crippen LogP contribution is 2.05. The molecule has 0 saturated heterocycles. The number of aromatic nitrogens is 2. The molecule has 6 heteroatoms. The molecule has 1 rings (SSSR count). The third-order valence-corrected chi connectivity index (χ3v) is 2.51. The topological polar surface area (TPSA) is 83.4 Å². The molecule has 0 amide bonds. The van der Waals surface area contributed by atoms with Crippen LogP contribution in [0, 0.1) is 0 Å². The van der Waals surface area contributed by atoms with E-state index in [1.54, 1.807) is 7.11 Å². The van der Waals surface area contributed by atoms with Crippen LogP contribution < -0.4 is 5.73 Å². The molecule has 104 valence electrons. The lowest BCUT2D eigenvalue weighted by molar-refractivity contribution is 0.0714. The van der Waals surface area contributed by atoms with Gasteiger partial charge in [-0.2, -0.15) is 4.98 Å². The molecule has 0 aromatic carbocycles. The van der Waals surface area contributed by atoms with E-state index >= 15 is 0 Å². The molecule has 0 atom stereocenters. The van der Waals surface area contributed by atoms with Gasteiger partial charge in [-0.05, 0) is 19.4 Å². The van der Waals surface area contributed by atoms with E-state index in [-0.39, 0.29) is 0 Å². The Morgan fingerprint density at radius 3 is 2.78 bits per heavy atom. The SMILES string of the molecule is COCCOCCc1noc(CCCCCN)n1. The Labute approximate surface area is 108 Å². The van der Waals surface area contributed by atoms with Crippen LogP contribution in [0.15, 0.2) is 4.52 Å². The predicted molar refractivity (Wildman–Crippen MR) is 67.3 cm³/mol. The summed E-state index contributed by atoms with van der Waals surface area (Å²) in [7, 11) is 1.65. The van der Waals surface area contributed by atoms with Crippen molar-refractivity contribution in [2.75, 3.05) is 33.5 Å². The highest BCUT2D eigenvalue weighted by molar-refractivity contribution is 4.86. The fraction of sp³-hybridized carbons (Fsp3) is 0.833. The summed E-state index contributed by atoms with van der Waals surface area (Å²) in [5, 5.41) is 3.91. The van der Waals surface area contributed by atoms with Gasteiger partial charge in [-0.1, -0.05) is 11.6 Å². The molecule has 0 radical (unpaired) electrons. The second kappa shape index (κ2) is 9.99. The van der Waals surface area contributed by atoms with Gasteiger partial charge in [-0.3, -0.25) is 0 Å².